The molecule has 2 rings (SSSR count). The molecule has 0 bridgehead atoms. The number of nitrogen functional groups attached to an aromatic ring is 1. The Bertz CT molecular complexity index is 417. The lowest BCUT2D eigenvalue weighted by atomic mass is 10.1. The summed E-state index contributed by atoms with van der Waals surface area (Å²) in [6, 6.07) is 5.53. The van der Waals surface area contributed by atoms with Crippen LogP contribution < -0.4 is 11.1 Å². The van der Waals surface area contributed by atoms with E-state index in [1.54, 1.807) is 18.2 Å². The highest BCUT2D eigenvalue weighted by molar-refractivity contribution is 5.94. The predicted octanol–water partition coefficient (Wildman–Crippen LogP) is 2.18. The number of carboxylic acid groups (broad SMARTS) is 1. The second-order valence-electron chi connectivity index (χ2n) is 4.26. The lowest BCUT2D eigenvalue weighted by molar-refractivity contribution is 0.0698. The van der Waals surface area contributed by atoms with Gasteiger partial charge >= 0.3 is 5.97 Å². The van der Waals surface area contributed by atoms with Crippen LogP contribution in [0.5, 0.6) is 0 Å². The molecule has 1 aromatic rings. The molecule has 2 unspecified atom stereocenters. The third-order valence-corrected chi connectivity index (χ3v) is 3.08. The smallest absolute Gasteiger partial charge is 0.337 e. The summed E-state index contributed by atoms with van der Waals surface area (Å²) in [6.07, 6.45) is 2.37. The lowest BCUT2D eigenvalue weighted by Gasteiger charge is -2.08. The summed E-state index contributed by atoms with van der Waals surface area (Å²) in [5.41, 5.74) is 7.04. The van der Waals surface area contributed by atoms with Crippen molar-refractivity contribution >= 4 is 17.3 Å². The van der Waals surface area contributed by atoms with Crippen molar-refractivity contribution in [1.29, 1.82) is 0 Å². The van der Waals surface area contributed by atoms with Crippen LogP contribution in [0.1, 0.15) is 30.1 Å². The number of aromatic carboxylic acids is 1. The number of rotatable bonds is 4. The third-order valence-electron chi connectivity index (χ3n) is 3.08. The van der Waals surface area contributed by atoms with Gasteiger partial charge in [-0.3, -0.25) is 0 Å². The Hall–Kier alpha value is -1.71. The molecule has 4 nitrogen and oxygen atoms in total. The first kappa shape index (κ1) is 10.8. The number of carboxylic acids is 1. The summed E-state index contributed by atoms with van der Waals surface area (Å²) in [7, 11) is 0. The molecule has 1 aromatic carbocycles. The maximum atomic E-state index is 10.8. The van der Waals surface area contributed by atoms with E-state index in [0.717, 1.165) is 11.6 Å². The van der Waals surface area contributed by atoms with E-state index in [4.69, 9.17) is 10.8 Å². The minimum absolute atomic E-state index is 0.161. The third kappa shape index (κ3) is 2.10. The van der Waals surface area contributed by atoms with Gasteiger partial charge in [0.1, 0.15) is 0 Å². The first-order valence-electron chi connectivity index (χ1n) is 5.51. The summed E-state index contributed by atoms with van der Waals surface area (Å²) in [5, 5.41) is 12.2. The molecule has 86 valence electrons. The largest absolute Gasteiger partial charge is 0.478 e. The van der Waals surface area contributed by atoms with Gasteiger partial charge in [0.15, 0.2) is 0 Å². The van der Waals surface area contributed by atoms with Crippen LogP contribution in [0.2, 0.25) is 0 Å². The summed E-state index contributed by atoms with van der Waals surface area (Å²) >= 11 is 0. The number of hydrogen-bond donors (Lipinski definition) is 3. The van der Waals surface area contributed by atoms with Crippen LogP contribution in [0.25, 0.3) is 0 Å². The van der Waals surface area contributed by atoms with Gasteiger partial charge < -0.3 is 16.2 Å². The Labute approximate surface area is 94.5 Å². The fraction of sp³-hybridized carbons (Fsp3) is 0.417. The molecule has 1 saturated carbocycles. The molecule has 1 aliphatic rings. The van der Waals surface area contributed by atoms with Gasteiger partial charge in [-0.05, 0) is 30.5 Å². The monoisotopic (exact) mass is 220 g/mol. The maximum absolute atomic E-state index is 10.8. The number of carbonyl (C=O) groups is 1. The Morgan fingerprint density at radius 3 is 2.88 bits per heavy atom. The van der Waals surface area contributed by atoms with Gasteiger partial charge in [0.05, 0.1) is 5.56 Å². The van der Waals surface area contributed by atoms with Gasteiger partial charge in [-0.1, -0.05) is 13.3 Å². The molecule has 0 saturated heterocycles. The number of benzene rings is 1. The van der Waals surface area contributed by atoms with Crippen molar-refractivity contribution < 1.29 is 9.90 Å². The van der Waals surface area contributed by atoms with Crippen molar-refractivity contribution in [3.8, 4) is 0 Å². The highest BCUT2D eigenvalue weighted by Gasteiger charge is 2.35. The van der Waals surface area contributed by atoms with E-state index in [9.17, 15) is 4.79 Å². The highest BCUT2D eigenvalue weighted by Crippen LogP contribution is 2.36. The van der Waals surface area contributed by atoms with Crippen LogP contribution in [-0.2, 0) is 0 Å². The van der Waals surface area contributed by atoms with Crippen LogP contribution in [-0.4, -0.2) is 17.1 Å². The Morgan fingerprint density at radius 1 is 1.62 bits per heavy atom. The number of anilines is 2. The van der Waals surface area contributed by atoms with Crippen molar-refractivity contribution in [2.45, 2.75) is 25.8 Å². The molecule has 0 radical (unpaired) electrons. The predicted molar refractivity (Wildman–Crippen MR) is 63.6 cm³/mol. The first-order chi connectivity index (χ1) is 7.61. The zero-order chi connectivity index (χ0) is 11.7. The Morgan fingerprint density at radius 2 is 2.38 bits per heavy atom. The van der Waals surface area contributed by atoms with E-state index >= 15 is 0 Å². The Balaban J connectivity index is 2.07. The molecule has 16 heavy (non-hydrogen) atoms. The van der Waals surface area contributed by atoms with E-state index in [2.05, 4.69) is 12.2 Å². The average molecular weight is 220 g/mol. The van der Waals surface area contributed by atoms with E-state index in [0.29, 0.717) is 11.7 Å². The molecule has 0 amide bonds. The van der Waals surface area contributed by atoms with Crippen LogP contribution in [0.15, 0.2) is 18.2 Å². The molecular formula is C12H16N2O2. The average Bonchev–Trinajstić information content (AvgIpc) is 2.96. The van der Waals surface area contributed by atoms with Gasteiger partial charge in [0.2, 0.25) is 0 Å². The zero-order valence-corrected chi connectivity index (χ0v) is 9.23. The molecule has 1 aliphatic carbocycles. The number of nitrogens with two attached hydrogens (primary N) is 1. The molecule has 4 N–H and O–H groups in total. The lowest BCUT2D eigenvalue weighted by Crippen LogP contribution is -2.07. The van der Waals surface area contributed by atoms with E-state index in [-0.39, 0.29) is 5.56 Å². The Kier molecular flexibility index (Phi) is 2.73. The summed E-state index contributed by atoms with van der Waals surface area (Å²) in [5.74, 6) is -0.234. The fourth-order valence-corrected chi connectivity index (χ4v) is 1.94. The summed E-state index contributed by atoms with van der Waals surface area (Å²) < 4.78 is 0. The number of hydrogen-bond acceptors (Lipinski definition) is 3. The van der Waals surface area contributed by atoms with Crippen LogP contribution >= 0.6 is 0 Å². The van der Waals surface area contributed by atoms with E-state index < -0.39 is 5.97 Å². The van der Waals surface area contributed by atoms with Gasteiger partial charge in [0.25, 0.3) is 0 Å². The van der Waals surface area contributed by atoms with Gasteiger partial charge in [0, 0.05) is 17.4 Å². The molecule has 4 heteroatoms. The highest BCUT2D eigenvalue weighted by atomic mass is 16.4. The summed E-state index contributed by atoms with van der Waals surface area (Å²) in [4.78, 5) is 10.8. The molecule has 0 spiro atoms. The maximum Gasteiger partial charge on any atom is 0.337 e. The number of nitrogens with one attached hydrogen (secondary N) is 1. The molecule has 0 aliphatic heterocycles. The van der Waals surface area contributed by atoms with Crippen LogP contribution in [0.4, 0.5) is 11.4 Å². The summed E-state index contributed by atoms with van der Waals surface area (Å²) in [6.45, 7) is 2.17. The van der Waals surface area contributed by atoms with Gasteiger partial charge in [-0.2, -0.15) is 0 Å². The standard InChI is InChI=1S/C12H16N2O2/c1-2-7-5-11(7)14-8-3-4-9(12(15)16)10(13)6-8/h3-4,6-7,11,14H,2,5,13H2,1H3,(H,15,16). The van der Waals surface area contributed by atoms with Crippen molar-refractivity contribution in [3.63, 3.8) is 0 Å². The fourth-order valence-electron chi connectivity index (χ4n) is 1.94. The molecule has 1 fully saturated rings. The van der Waals surface area contributed by atoms with Crippen molar-refractivity contribution in [1.82, 2.24) is 0 Å². The van der Waals surface area contributed by atoms with E-state index in [1.165, 1.54) is 12.8 Å². The van der Waals surface area contributed by atoms with Gasteiger partial charge in [-0.25, -0.2) is 4.79 Å². The molecule has 2 atom stereocenters. The second kappa shape index (κ2) is 4.04. The normalized spacial score (nSPS) is 22.8. The minimum atomic E-state index is -0.984. The first-order valence-corrected chi connectivity index (χ1v) is 5.51. The minimum Gasteiger partial charge on any atom is -0.478 e. The SMILES string of the molecule is CCC1CC1Nc1ccc(C(=O)O)c(N)c1. The van der Waals surface area contributed by atoms with E-state index in [1.807, 2.05) is 0 Å². The molecule has 0 aromatic heterocycles. The van der Waals surface area contributed by atoms with Crippen molar-refractivity contribution in [2.75, 3.05) is 11.1 Å². The van der Waals surface area contributed by atoms with Crippen molar-refractivity contribution in [3.05, 3.63) is 23.8 Å². The topological polar surface area (TPSA) is 75.3 Å². The van der Waals surface area contributed by atoms with Crippen LogP contribution in [0.3, 0.4) is 0 Å². The van der Waals surface area contributed by atoms with Crippen molar-refractivity contribution in [2.24, 2.45) is 5.92 Å². The molecular weight excluding hydrogens is 204 g/mol. The molecule has 0 heterocycles. The quantitative estimate of drug-likeness (QED) is 0.680. The second-order valence-corrected chi connectivity index (χ2v) is 4.26. The zero-order valence-electron chi connectivity index (χ0n) is 9.23. The van der Waals surface area contributed by atoms with Gasteiger partial charge in [-0.15, -0.1) is 0 Å². The van der Waals surface area contributed by atoms with Crippen LogP contribution in [0, 0.1) is 5.92 Å².